The highest BCUT2D eigenvalue weighted by molar-refractivity contribution is 7.19. The summed E-state index contributed by atoms with van der Waals surface area (Å²) in [4.78, 5) is 66.3. The Labute approximate surface area is 388 Å². The highest BCUT2D eigenvalue weighted by atomic mass is 32.1. The van der Waals surface area contributed by atoms with Crippen molar-refractivity contribution >= 4 is 62.2 Å². The van der Waals surface area contributed by atoms with Gasteiger partial charge in [-0.15, -0.1) is 0 Å². The van der Waals surface area contributed by atoms with E-state index in [1.165, 1.54) is 16.2 Å². The Morgan fingerprint density at radius 3 is 1.57 bits per heavy atom. The van der Waals surface area contributed by atoms with E-state index in [0.29, 0.717) is 72.7 Å². The van der Waals surface area contributed by atoms with Crippen molar-refractivity contribution in [2.45, 2.75) is 91.8 Å². The number of Topliss-reactive ketones (excluding diaryl/α,β-unsaturated/α-hetero) is 2. The van der Waals surface area contributed by atoms with Crippen LogP contribution in [0.15, 0.2) is 85.2 Å². The van der Waals surface area contributed by atoms with Crippen LogP contribution in [0.2, 0.25) is 0 Å². The highest BCUT2D eigenvalue weighted by Crippen LogP contribution is 2.32. The maximum absolute atomic E-state index is 12.5. The third-order valence-electron chi connectivity index (χ3n) is 9.51. The number of ether oxygens (including phenoxy) is 3. The van der Waals surface area contributed by atoms with Gasteiger partial charge >= 0.3 is 6.09 Å². The molecule has 0 spiro atoms. The van der Waals surface area contributed by atoms with Crippen molar-refractivity contribution in [2.75, 3.05) is 37.9 Å². The summed E-state index contributed by atoms with van der Waals surface area (Å²) < 4.78 is 16.8. The maximum atomic E-state index is 12.5. The highest BCUT2D eigenvalue weighted by Gasteiger charge is 2.26. The normalized spacial score (nSPS) is 12.0. The predicted molar refractivity (Wildman–Crippen MR) is 257 cm³/mol. The molecule has 4 heterocycles. The Balaban J connectivity index is 0.000000250. The molecule has 0 aliphatic rings. The number of aromatic nitrogens is 6. The topological polar surface area (TPSA) is 196 Å². The zero-order valence-corrected chi connectivity index (χ0v) is 40.0. The van der Waals surface area contributed by atoms with Gasteiger partial charge in [-0.25, -0.2) is 24.7 Å². The van der Waals surface area contributed by atoms with Crippen molar-refractivity contribution in [1.29, 1.82) is 0 Å². The molecule has 6 rings (SSSR count). The first-order valence-corrected chi connectivity index (χ1v) is 22.9. The molecule has 16 nitrogen and oxygen atoms in total. The number of hydrogen-bond donors (Lipinski definition) is 3. The van der Waals surface area contributed by atoms with E-state index in [-0.39, 0.29) is 24.0 Å². The van der Waals surface area contributed by atoms with Crippen LogP contribution in [0.4, 0.5) is 26.7 Å². The van der Waals surface area contributed by atoms with E-state index >= 15 is 0 Å². The minimum Gasteiger partial charge on any atom is -0.478 e. The number of nitrogens with one attached hydrogen (secondary N) is 3. The van der Waals surface area contributed by atoms with Gasteiger partial charge in [-0.05, 0) is 79.5 Å². The Kier molecular flexibility index (Phi) is 18.4. The first-order chi connectivity index (χ1) is 31.1. The van der Waals surface area contributed by atoms with Crippen LogP contribution in [-0.2, 0) is 14.3 Å². The fourth-order valence-corrected chi connectivity index (χ4v) is 7.51. The number of ketones is 2. The van der Waals surface area contributed by atoms with Crippen molar-refractivity contribution in [2.24, 2.45) is 0 Å². The Morgan fingerprint density at radius 1 is 0.692 bits per heavy atom. The maximum Gasteiger partial charge on any atom is 0.410 e. The van der Waals surface area contributed by atoms with Gasteiger partial charge in [0.25, 0.3) is 0 Å². The molecule has 0 bridgehead atoms. The number of benzene rings is 2. The fourth-order valence-electron chi connectivity index (χ4n) is 5.85. The van der Waals surface area contributed by atoms with E-state index < -0.39 is 17.7 Å². The van der Waals surface area contributed by atoms with E-state index in [2.05, 4.69) is 58.0 Å². The molecule has 0 saturated heterocycles. The van der Waals surface area contributed by atoms with E-state index in [1.54, 1.807) is 72.2 Å². The van der Waals surface area contributed by atoms with Crippen LogP contribution in [0.5, 0.6) is 11.8 Å². The molecule has 0 aliphatic heterocycles. The largest absolute Gasteiger partial charge is 0.478 e. The number of anilines is 4. The average molecular weight is 923 g/mol. The van der Waals surface area contributed by atoms with Crippen molar-refractivity contribution in [3.63, 3.8) is 0 Å². The van der Waals surface area contributed by atoms with Crippen LogP contribution in [0.1, 0.15) is 72.0 Å². The summed E-state index contributed by atoms with van der Waals surface area (Å²) in [6.07, 6.45) is 5.02. The zero-order valence-electron chi connectivity index (χ0n) is 38.4. The lowest BCUT2D eigenvalue weighted by atomic mass is 10.1. The van der Waals surface area contributed by atoms with Gasteiger partial charge in [-0.1, -0.05) is 83.3 Å². The van der Waals surface area contributed by atoms with E-state index in [1.807, 2.05) is 74.8 Å². The summed E-state index contributed by atoms with van der Waals surface area (Å²) in [7, 11) is 3.35. The molecule has 65 heavy (non-hydrogen) atoms. The number of thiazole rings is 2. The van der Waals surface area contributed by atoms with Crippen LogP contribution in [0, 0.1) is 13.8 Å². The van der Waals surface area contributed by atoms with Gasteiger partial charge in [0.15, 0.2) is 16.0 Å². The van der Waals surface area contributed by atoms with Crippen molar-refractivity contribution in [3.8, 4) is 32.6 Å². The molecule has 0 aliphatic carbocycles. The van der Waals surface area contributed by atoms with E-state index in [9.17, 15) is 14.4 Å². The zero-order chi connectivity index (χ0) is 46.9. The van der Waals surface area contributed by atoms with Crippen molar-refractivity contribution in [3.05, 3.63) is 96.8 Å². The second kappa shape index (κ2) is 24.1. The molecule has 3 N–H and O–H groups in total. The number of likely N-dealkylation sites (N-methyl/N-ethyl adjacent to an activating group) is 2. The first kappa shape index (κ1) is 49.6. The van der Waals surface area contributed by atoms with Gasteiger partial charge in [-0.3, -0.25) is 9.59 Å². The summed E-state index contributed by atoms with van der Waals surface area (Å²) in [5.41, 5.74) is 1.62. The number of aryl methyl sites for hydroxylation is 2. The second-order valence-electron chi connectivity index (χ2n) is 15.9. The van der Waals surface area contributed by atoms with Crippen LogP contribution in [0.25, 0.3) is 20.9 Å². The van der Waals surface area contributed by atoms with Crippen LogP contribution in [0.3, 0.4) is 0 Å². The minimum absolute atomic E-state index is 0.0637. The van der Waals surface area contributed by atoms with Crippen LogP contribution in [-0.4, -0.2) is 97.5 Å². The standard InChI is InChI=1S/C26H33N5O4S.C21H25N5O2S/c1-17(31(6)25(33)35-26(3,4)5)20(32)13-10-14-34-23-15-22(28-18(2)29-23)30-24-27-16-21(36-24)19-11-8-7-9-12-19;1-14(22-3)17(27)10-7-11-28-20-12-19(24-15(2)25-20)26-21-23-13-18(29-21)16-8-5-4-6-9-16/h7-9,11-12,15-17H,10,13-14H2,1-6H3,(H,27,28,29,30);4-6,8-9,12-14,22H,7,10-11H2,1-3H3,(H,23,24,25,26)/t17-;14-/m00/s1. The number of nitrogens with zero attached hydrogens (tertiary/aromatic N) is 7. The third-order valence-corrected chi connectivity index (χ3v) is 11.4. The van der Waals surface area contributed by atoms with Gasteiger partial charge in [0.05, 0.1) is 35.1 Å². The minimum atomic E-state index is -0.616. The number of amides is 1. The molecule has 4 aromatic heterocycles. The monoisotopic (exact) mass is 922 g/mol. The summed E-state index contributed by atoms with van der Waals surface area (Å²) >= 11 is 3.08. The summed E-state index contributed by atoms with van der Waals surface area (Å²) in [6.45, 7) is 13.2. The fraction of sp³-hybridized carbons (Fsp3) is 0.383. The average Bonchev–Trinajstić information content (AvgIpc) is 3.95. The molecule has 2 atom stereocenters. The summed E-state index contributed by atoms with van der Waals surface area (Å²) in [5, 5.41) is 10.8. The molecule has 2 aromatic carbocycles. The molecule has 0 radical (unpaired) electrons. The van der Waals surface area contributed by atoms with Crippen molar-refractivity contribution < 1.29 is 28.6 Å². The quantitative estimate of drug-likeness (QED) is 0.0612. The second-order valence-corrected chi connectivity index (χ2v) is 18.0. The molecule has 344 valence electrons. The van der Waals surface area contributed by atoms with E-state index in [0.717, 1.165) is 26.0 Å². The van der Waals surface area contributed by atoms with Gasteiger partial charge in [0.2, 0.25) is 11.8 Å². The number of carbonyl (C=O) groups is 3. The predicted octanol–water partition coefficient (Wildman–Crippen LogP) is 9.62. The lowest BCUT2D eigenvalue weighted by molar-refractivity contribution is -0.123. The number of rotatable bonds is 20. The lowest BCUT2D eigenvalue weighted by Crippen LogP contribution is -2.43. The molecular formula is C47H58N10O6S2. The number of carbonyl (C=O) groups excluding carboxylic acids is 3. The van der Waals surface area contributed by atoms with Gasteiger partial charge in [0, 0.05) is 44.4 Å². The van der Waals surface area contributed by atoms with E-state index in [4.69, 9.17) is 14.2 Å². The Morgan fingerprint density at radius 2 is 1.14 bits per heavy atom. The van der Waals surface area contributed by atoms with Crippen LogP contribution < -0.4 is 25.4 Å². The molecule has 0 fully saturated rings. The van der Waals surface area contributed by atoms with Gasteiger partial charge < -0.3 is 35.1 Å². The van der Waals surface area contributed by atoms with Crippen molar-refractivity contribution in [1.82, 2.24) is 40.1 Å². The summed E-state index contributed by atoms with van der Waals surface area (Å²) in [6, 6.07) is 22.9. The third kappa shape index (κ3) is 16.3. The molecule has 1 amide bonds. The molecular weight excluding hydrogens is 865 g/mol. The number of hydrogen-bond acceptors (Lipinski definition) is 17. The molecule has 6 aromatic rings. The molecule has 0 saturated carbocycles. The first-order valence-electron chi connectivity index (χ1n) is 21.3. The Hall–Kier alpha value is -6.37. The Bertz CT molecular complexity index is 2460. The smallest absolute Gasteiger partial charge is 0.410 e. The van der Waals surface area contributed by atoms with Gasteiger partial charge in [0.1, 0.15) is 34.7 Å². The summed E-state index contributed by atoms with van der Waals surface area (Å²) in [5.74, 6) is 3.37. The molecule has 0 unspecified atom stereocenters. The molecule has 18 heteroatoms. The lowest BCUT2D eigenvalue weighted by Gasteiger charge is -2.28. The SMILES string of the molecule is CN[C@@H](C)C(=O)CCCOc1cc(Nc2ncc(-c3ccccc3)s2)nc(C)n1.Cc1nc(Nc2ncc(-c3ccccc3)s2)cc(OCCCC(=O)[C@H](C)N(C)C(=O)OC(C)(C)C)n1. The van der Waals surface area contributed by atoms with Gasteiger partial charge in [-0.2, -0.15) is 9.97 Å². The van der Waals surface area contributed by atoms with Crippen LogP contribution >= 0.6 is 22.7 Å².